The zero-order chi connectivity index (χ0) is 25.3. The lowest BCUT2D eigenvalue weighted by Crippen LogP contribution is -2.76. The number of nitrogens with one attached hydrogen (secondary N) is 1. The maximum Gasteiger partial charge on any atom is 0.334 e. The van der Waals surface area contributed by atoms with Gasteiger partial charge in [-0.05, 0) is 29.2 Å². The van der Waals surface area contributed by atoms with Crippen LogP contribution in [0.4, 0.5) is 9.18 Å². The maximum absolute atomic E-state index is 13.5. The largest absolute Gasteiger partial charge is 0.334 e. The highest BCUT2D eigenvalue weighted by molar-refractivity contribution is 6.32. The van der Waals surface area contributed by atoms with Crippen molar-refractivity contribution in [1.29, 1.82) is 0 Å². The summed E-state index contributed by atoms with van der Waals surface area (Å²) in [5.41, 5.74) is 2.22. The molecule has 0 spiro atoms. The topological polar surface area (TPSA) is 76.2 Å². The van der Waals surface area contributed by atoms with E-state index < -0.39 is 18.2 Å². The van der Waals surface area contributed by atoms with Gasteiger partial charge in [0.05, 0.1) is 13.1 Å². The summed E-state index contributed by atoms with van der Waals surface area (Å²) in [6.07, 6.45) is -0.666. The van der Waals surface area contributed by atoms with Crippen molar-refractivity contribution in [2.75, 3.05) is 20.1 Å². The van der Waals surface area contributed by atoms with E-state index in [0.29, 0.717) is 12.0 Å². The summed E-state index contributed by atoms with van der Waals surface area (Å²) in [7, 11) is 7.60. The number of carbonyl (C=O) groups excluding carboxylic acids is 3. The first-order valence-electron chi connectivity index (χ1n) is 11.6. The third kappa shape index (κ3) is 5.17. The Morgan fingerprint density at radius 3 is 2.51 bits per heavy atom. The fourth-order valence-electron chi connectivity index (χ4n) is 4.78. The average Bonchev–Trinajstić information content (AvgIpc) is 2.79. The molecule has 2 fully saturated rings. The first-order chi connectivity index (χ1) is 16.7. The summed E-state index contributed by atoms with van der Waals surface area (Å²) >= 11 is 0. The second-order valence-corrected chi connectivity index (χ2v) is 9.38. The van der Waals surface area contributed by atoms with E-state index in [1.54, 1.807) is 40.1 Å². The molecule has 35 heavy (non-hydrogen) atoms. The van der Waals surface area contributed by atoms with Gasteiger partial charge in [0, 0.05) is 20.1 Å². The number of piperazine rings is 1. The molecule has 2 aliphatic rings. The number of fused-ring (bicyclic) bond motifs is 1. The van der Waals surface area contributed by atoms with Crippen LogP contribution in [-0.2, 0) is 22.7 Å². The summed E-state index contributed by atoms with van der Waals surface area (Å²) in [6.45, 7) is 4.45. The Morgan fingerprint density at radius 1 is 1.14 bits per heavy atom. The number of urea groups is 1. The number of amides is 4. The SMILES string of the molecule is [B]c1cccc(CN2C[C@H]3N(C(=O)CN(C)N3C(=O)NCc3ccc(F)cc3)[C@@H](C(C)C)C2=O)c1. The Hall–Kier alpha value is -3.40. The van der Waals surface area contributed by atoms with Crippen molar-refractivity contribution in [1.82, 2.24) is 25.1 Å². The molecule has 2 aromatic rings. The van der Waals surface area contributed by atoms with Gasteiger partial charge in [0.2, 0.25) is 11.8 Å². The van der Waals surface area contributed by atoms with Gasteiger partial charge < -0.3 is 15.1 Å². The lowest BCUT2D eigenvalue weighted by atomic mass is 9.93. The lowest BCUT2D eigenvalue weighted by molar-refractivity contribution is -0.190. The smallest absolute Gasteiger partial charge is 0.333 e. The van der Waals surface area contributed by atoms with Crippen molar-refractivity contribution in [2.45, 2.75) is 39.1 Å². The average molecular weight is 477 g/mol. The van der Waals surface area contributed by atoms with E-state index in [1.807, 2.05) is 32.0 Å². The molecular weight excluding hydrogens is 448 g/mol. The number of hydrogen-bond donors (Lipinski definition) is 1. The minimum atomic E-state index is -0.691. The molecule has 2 saturated heterocycles. The van der Waals surface area contributed by atoms with Crippen LogP contribution in [0, 0.1) is 11.7 Å². The van der Waals surface area contributed by atoms with Gasteiger partial charge in [0.1, 0.15) is 25.9 Å². The molecule has 0 aromatic heterocycles. The number of halogens is 1. The number of hydrogen-bond acceptors (Lipinski definition) is 4. The van der Waals surface area contributed by atoms with Crippen LogP contribution in [0.25, 0.3) is 0 Å². The highest BCUT2D eigenvalue weighted by Gasteiger charge is 2.51. The summed E-state index contributed by atoms with van der Waals surface area (Å²) < 4.78 is 13.2. The van der Waals surface area contributed by atoms with Crippen LogP contribution in [0.3, 0.4) is 0 Å². The highest BCUT2D eigenvalue weighted by atomic mass is 19.1. The van der Waals surface area contributed by atoms with Crippen molar-refractivity contribution >= 4 is 31.2 Å². The van der Waals surface area contributed by atoms with Gasteiger partial charge in [-0.3, -0.25) is 9.59 Å². The standard InChI is InChI=1S/C25H29BFN5O3/c1-16(2)23-24(34)30(13-18-5-4-6-19(26)11-18)14-21-31(23)22(33)15-29(3)32(21)25(35)28-12-17-7-9-20(27)10-8-17/h4-11,16,21,23H,12-15H2,1-3H3,(H,28,35)/t21-,23-/m0/s1. The molecule has 2 heterocycles. The molecule has 2 aliphatic heterocycles. The number of nitrogens with zero attached hydrogens (tertiary/aromatic N) is 4. The third-order valence-electron chi connectivity index (χ3n) is 6.39. The van der Waals surface area contributed by atoms with Crippen LogP contribution in [0.5, 0.6) is 0 Å². The predicted octanol–water partition coefficient (Wildman–Crippen LogP) is 1.21. The van der Waals surface area contributed by atoms with Gasteiger partial charge in [-0.2, -0.15) is 0 Å². The highest BCUT2D eigenvalue weighted by Crippen LogP contribution is 2.30. The maximum atomic E-state index is 13.5. The number of hydrazine groups is 1. The summed E-state index contributed by atoms with van der Waals surface area (Å²) in [6, 6.07) is 12.1. The predicted molar refractivity (Wildman–Crippen MR) is 130 cm³/mol. The molecule has 4 amide bonds. The van der Waals surface area contributed by atoms with Gasteiger partial charge in [0.25, 0.3) is 0 Å². The summed E-state index contributed by atoms with van der Waals surface area (Å²) in [5.74, 6) is -0.846. The monoisotopic (exact) mass is 477 g/mol. The van der Waals surface area contributed by atoms with Crippen LogP contribution in [0.15, 0.2) is 48.5 Å². The molecule has 1 N–H and O–H groups in total. The summed E-state index contributed by atoms with van der Waals surface area (Å²) in [5, 5.41) is 5.94. The fraction of sp³-hybridized carbons (Fsp3) is 0.400. The van der Waals surface area contributed by atoms with Gasteiger partial charge in [-0.25, -0.2) is 19.2 Å². The number of benzene rings is 2. The molecule has 2 radical (unpaired) electrons. The van der Waals surface area contributed by atoms with E-state index in [-0.39, 0.29) is 43.2 Å². The van der Waals surface area contributed by atoms with Gasteiger partial charge in [0.15, 0.2) is 0 Å². The second kappa shape index (κ2) is 10.1. The van der Waals surface area contributed by atoms with Crippen molar-refractivity contribution in [2.24, 2.45) is 5.92 Å². The zero-order valence-electron chi connectivity index (χ0n) is 20.1. The van der Waals surface area contributed by atoms with Crippen molar-refractivity contribution in [3.63, 3.8) is 0 Å². The Balaban J connectivity index is 1.60. The molecular formula is C25H29BFN5O3. The zero-order valence-corrected chi connectivity index (χ0v) is 20.1. The molecule has 0 aliphatic carbocycles. The molecule has 10 heteroatoms. The Kier molecular flexibility index (Phi) is 7.11. The molecule has 0 unspecified atom stereocenters. The van der Waals surface area contributed by atoms with Crippen molar-refractivity contribution in [3.05, 3.63) is 65.5 Å². The summed E-state index contributed by atoms with van der Waals surface area (Å²) in [4.78, 5) is 43.1. The van der Waals surface area contributed by atoms with Crippen molar-refractivity contribution in [3.8, 4) is 0 Å². The van der Waals surface area contributed by atoms with Crippen LogP contribution in [-0.4, -0.2) is 77.9 Å². The van der Waals surface area contributed by atoms with E-state index in [1.165, 1.54) is 17.1 Å². The molecule has 4 rings (SSSR count). The van der Waals surface area contributed by atoms with Crippen LogP contribution in [0.2, 0.25) is 0 Å². The normalized spacial score (nSPS) is 20.9. The Labute approximate surface area is 206 Å². The quantitative estimate of drug-likeness (QED) is 0.658. The van der Waals surface area contributed by atoms with Crippen molar-refractivity contribution < 1.29 is 18.8 Å². The van der Waals surface area contributed by atoms with E-state index in [9.17, 15) is 18.8 Å². The molecule has 0 bridgehead atoms. The first kappa shape index (κ1) is 24.7. The number of rotatable bonds is 5. The van der Waals surface area contributed by atoms with Crippen LogP contribution < -0.4 is 10.8 Å². The molecule has 2 atom stereocenters. The minimum absolute atomic E-state index is 0.0216. The minimum Gasteiger partial charge on any atom is -0.333 e. The Morgan fingerprint density at radius 2 is 1.86 bits per heavy atom. The second-order valence-electron chi connectivity index (χ2n) is 9.38. The number of likely N-dealkylation sites (N-methyl/N-ethyl adjacent to an activating group) is 1. The molecule has 182 valence electrons. The number of carbonyl (C=O) groups is 3. The fourth-order valence-corrected chi connectivity index (χ4v) is 4.78. The third-order valence-corrected chi connectivity index (χ3v) is 6.39. The molecule has 0 saturated carbocycles. The molecule has 8 nitrogen and oxygen atoms in total. The Bertz CT molecular complexity index is 1110. The lowest BCUT2D eigenvalue weighted by Gasteiger charge is -2.55. The van der Waals surface area contributed by atoms with Gasteiger partial charge in [-0.15, -0.1) is 0 Å². The van der Waals surface area contributed by atoms with Gasteiger partial charge in [-0.1, -0.05) is 55.7 Å². The van der Waals surface area contributed by atoms with Crippen LogP contribution in [0.1, 0.15) is 25.0 Å². The van der Waals surface area contributed by atoms with E-state index in [2.05, 4.69) is 5.32 Å². The molecule has 2 aromatic carbocycles. The van der Waals surface area contributed by atoms with E-state index in [0.717, 1.165) is 11.1 Å². The van der Waals surface area contributed by atoms with Gasteiger partial charge >= 0.3 is 6.03 Å². The van der Waals surface area contributed by atoms with E-state index in [4.69, 9.17) is 7.85 Å². The first-order valence-corrected chi connectivity index (χ1v) is 11.6. The van der Waals surface area contributed by atoms with Crippen LogP contribution >= 0.6 is 0 Å². The van der Waals surface area contributed by atoms with E-state index >= 15 is 0 Å².